The lowest BCUT2D eigenvalue weighted by molar-refractivity contribution is -0.137. The van der Waals surface area contributed by atoms with Crippen LogP contribution in [0.5, 0.6) is 0 Å². The molecule has 0 unspecified atom stereocenters. The number of aryl methyl sites for hydroxylation is 2. The van der Waals surface area contributed by atoms with E-state index in [0.29, 0.717) is 17.7 Å². The van der Waals surface area contributed by atoms with Crippen molar-refractivity contribution in [3.63, 3.8) is 0 Å². The first-order chi connectivity index (χ1) is 14.6. The summed E-state index contributed by atoms with van der Waals surface area (Å²) >= 11 is 0. The van der Waals surface area contributed by atoms with E-state index in [0.717, 1.165) is 22.3 Å². The second-order valence-corrected chi connectivity index (χ2v) is 7.62. The van der Waals surface area contributed by atoms with Gasteiger partial charge in [-0.05, 0) is 56.5 Å². The quantitative estimate of drug-likeness (QED) is 0.325. The van der Waals surface area contributed by atoms with Crippen molar-refractivity contribution in [3.8, 4) is 11.8 Å². The first-order valence-electron chi connectivity index (χ1n) is 9.91. The van der Waals surface area contributed by atoms with Gasteiger partial charge in [0.2, 0.25) is 0 Å². The minimum Gasteiger partial charge on any atom is -0.480 e. The van der Waals surface area contributed by atoms with Crippen molar-refractivity contribution < 1.29 is 14.7 Å². The summed E-state index contributed by atoms with van der Waals surface area (Å²) in [6, 6.07) is 10.5. The summed E-state index contributed by atoms with van der Waals surface area (Å²) in [5.41, 5.74) is 10.4. The number of rotatable bonds is 6. The van der Waals surface area contributed by atoms with Crippen LogP contribution in [-0.4, -0.2) is 40.4 Å². The van der Waals surface area contributed by atoms with Gasteiger partial charge in [-0.15, -0.1) is 0 Å². The van der Waals surface area contributed by atoms with Crippen molar-refractivity contribution in [1.82, 2.24) is 4.90 Å². The van der Waals surface area contributed by atoms with E-state index in [1.54, 1.807) is 26.0 Å². The van der Waals surface area contributed by atoms with Crippen LogP contribution >= 0.6 is 0 Å². The lowest BCUT2D eigenvalue weighted by atomic mass is 10.0. The second kappa shape index (κ2) is 10.3. The zero-order chi connectivity index (χ0) is 23.1. The summed E-state index contributed by atoms with van der Waals surface area (Å²) in [7, 11) is 0. The van der Waals surface area contributed by atoms with E-state index in [-0.39, 0.29) is 18.4 Å². The first kappa shape index (κ1) is 23.5. The van der Waals surface area contributed by atoms with Crippen LogP contribution in [0, 0.1) is 31.1 Å². The number of nitrogens with two attached hydrogens (primary N) is 1. The Morgan fingerprint density at radius 2 is 1.81 bits per heavy atom. The Balaban J connectivity index is 2.13. The van der Waals surface area contributed by atoms with E-state index in [2.05, 4.69) is 17.2 Å². The number of amidine groups is 1. The topological polar surface area (TPSA) is 120 Å². The Kier molecular flexibility index (Phi) is 7.81. The van der Waals surface area contributed by atoms with Crippen LogP contribution in [0.15, 0.2) is 36.4 Å². The number of urea groups is 1. The number of benzene rings is 2. The maximum absolute atomic E-state index is 12.5. The number of hydrogen-bond donors (Lipinski definition) is 4. The van der Waals surface area contributed by atoms with Crippen LogP contribution in [0.4, 0.5) is 10.5 Å². The van der Waals surface area contributed by atoms with Crippen LogP contribution in [0.2, 0.25) is 0 Å². The van der Waals surface area contributed by atoms with Crippen molar-refractivity contribution >= 4 is 23.5 Å². The molecule has 2 aromatic rings. The van der Waals surface area contributed by atoms with E-state index in [9.17, 15) is 9.59 Å². The first-order valence-corrected chi connectivity index (χ1v) is 9.91. The minimum absolute atomic E-state index is 0.0374. The molecule has 5 N–H and O–H groups in total. The molecule has 31 heavy (non-hydrogen) atoms. The lowest BCUT2D eigenvalue weighted by Gasteiger charge is -2.25. The molecule has 2 amide bonds. The maximum atomic E-state index is 12.5. The molecule has 2 aromatic carbocycles. The van der Waals surface area contributed by atoms with Gasteiger partial charge in [0.05, 0.1) is 0 Å². The molecular weight excluding hydrogens is 392 g/mol. The molecule has 0 aliphatic heterocycles. The number of carboxylic acid groups (broad SMARTS) is 1. The molecule has 0 spiro atoms. The normalized spacial score (nSPS) is 10.2. The number of carbonyl (C=O) groups excluding carboxylic acids is 1. The number of anilines is 1. The third-order valence-corrected chi connectivity index (χ3v) is 4.78. The molecule has 0 fully saturated rings. The second-order valence-electron chi connectivity index (χ2n) is 7.62. The predicted molar refractivity (Wildman–Crippen MR) is 122 cm³/mol. The molecule has 0 aliphatic carbocycles. The van der Waals surface area contributed by atoms with Crippen LogP contribution in [0.3, 0.4) is 0 Å². The van der Waals surface area contributed by atoms with E-state index < -0.39 is 12.0 Å². The highest BCUT2D eigenvalue weighted by Gasteiger charge is 2.20. The number of nitrogens with zero attached hydrogens (tertiary/aromatic N) is 1. The van der Waals surface area contributed by atoms with Gasteiger partial charge in [0.1, 0.15) is 12.4 Å². The molecule has 2 rings (SSSR count). The summed E-state index contributed by atoms with van der Waals surface area (Å²) in [5, 5.41) is 19.3. The smallest absolute Gasteiger partial charge is 0.323 e. The Labute approximate surface area is 182 Å². The number of carbonyl (C=O) groups is 2. The number of nitrogen functional groups attached to an aromatic ring is 1. The molecular formula is C24H28N4O3. The fourth-order valence-corrected chi connectivity index (χ4v) is 2.95. The maximum Gasteiger partial charge on any atom is 0.323 e. The SMILES string of the molecule is Cc1cc(NC(=O)N(CC(=O)O)C(C)C)c(C)cc1C#CCc1ccc(C(=N)N)cc1. The van der Waals surface area contributed by atoms with E-state index in [1.165, 1.54) is 4.90 Å². The molecule has 162 valence electrons. The Morgan fingerprint density at radius 1 is 1.16 bits per heavy atom. The summed E-state index contributed by atoms with van der Waals surface area (Å²) in [6.45, 7) is 6.97. The predicted octanol–water partition coefficient (Wildman–Crippen LogP) is 3.51. The number of carboxylic acids is 1. The zero-order valence-corrected chi connectivity index (χ0v) is 18.2. The molecule has 0 radical (unpaired) electrons. The number of nitrogens with one attached hydrogen (secondary N) is 2. The molecule has 7 nitrogen and oxygen atoms in total. The summed E-state index contributed by atoms with van der Waals surface area (Å²) in [6.07, 6.45) is 0.563. The number of amides is 2. The standard InChI is InChI=1S/C24H28N4O3/c1-15(2)28(14-22(29)30)24(31)27-21-13-16(3)20(12-17(21)4)7-5-6-18-8-10-19(11-9-18)23(25)26/h8-13,15H,6,14H2,1-4H3,(H3,25,26)(H,27,31)(H,29,30). The molecule has 0 aromatic heterocycles. The molecule has 0 atom stereocenters. The lowest BCUT2D eigenvalue weighted by Crippen LogP contribution is -2.43. The van der Waals surface area contributed by atoms with Gasteiger partial charge in [0, 0.05) is 29.3 Å². The third kappa shape index (κ3) is 6.61. The van der Waals surface area contributed by atoms with Crippen molar-refractivity contribution in [3.05, 3.63) is 64.2 Å². The third-order valence-electron chi connectivity index (χ3n) is 4.78. The Bertz CT molecular complexity index is 1050. The van der Waals surface area contributed by atoms with Crippen LogP contribution in [0.1, 0.15) is 41.7 Å². The average Bonchev–Trinajstić information content (AvgIpc) is 2.69. The fourth-order valence-electron chi connectivity index (χ4n) is 2.95. The van der Waals surface area contributed by atoms with E-state index in [1.807, 2.05) is 38.1 Å². The highest BCUT2D eigenvalue weighted by atomic mass is 16.4. The molecule has 0 saturated carbocycles. The molecule has 0 saturated heterocycles. The van der Waals surface area contributed by atoms with Gasteiger partial charge in [0.25, 0.3) is 0 Å². The van der Waals surface area contributed by atoms with Gasteiger partial charge in [0.15, 0.2) is 0 Å². The van der Waals surface area contributed by atoms with Gasteiger partial charge in [-0.25, -0.2) is 4.79 Å². The zero-order valence-electron chi connectivity index (χ0n) is 18.2. The summed E-state index contributed by atoms with van der Waals surface area (Å²) < 4.78 is 0. The van der Waals surface area contributed by atoms with Crippen LogP contribution < -0.4 is 11.1 Å². The van der Waals surface area contributed by atoms with Gasteiger partial charge in [-0.1, -0.05) is 36.1 Å². The van der Waals surface area contributed by atoms with Crippen molar-refractivity contribution in [2.45, 2.75) is 40.2 Å². The van der Waals surface area contributed by atoms with Crippen LogP contribution in [0.25, 0.3) is 0 Å². The van der Waals surface area contributed by atoms with E-state index in [4.69, 9.17) is 16.2 Å². The largest absolute Gasteiger partial charge is 0.480 e. The molecule has 0 aliphatic rings. The monoisotopic (exact) mass is 420 g/mol. The summed E-state index contributed by atoms with van der Waals surface area (Å²) in [5.74, 6) is 5.30. The van der Waals surface area contributed by atoms with E-state index >= 15 is 0 Å². The number of hydrogen-bond acceptors (Lipinski definition) is 3. The molecule has 7 heteroatoms. The average molecular weight is 421 g/mol. The highest BCUT2D eigenvalue weighted by Crippen LogP contribution is 2.21. The van der Waals surface area contributed by atoms with Crippen molar-refractivity contribution in [1.29, 1.82) is 5.41 Å². The molecule has 0 bridgehead atoms. The van der Waals surface area contributed by atoms with Crippen molar-refractivity contribution in [2.24, 2.45) is 5.73 Å². The fraction of sp³-hybridized carbons (Fsp3) is 0.292. The minimum atomic E-state index is -1.06. The van der Waals surface area contributed by atoms with Gasteiger partial charge in [-0.2, -0.15) is 0 Å². The molecule has 0 heterocycles. The highest BCUT2D eigenvalue weighted by molar-refractivity contribution is 5.95. The summed E-state index contributed by atoms with van der Waals surface area (Å²) in [4.78, 5) is 24.8. The van der Waals surface area contributed by atoms with Crippen LogP contribution in [-0.2, 0) is 11.2 Å². The van der Waals surface area contributed by atoms with Gasteiger partial charge < -0.3 is 21.1 Å². The Morgan fingerprint density at radius 3 is 2.35 bits per heavy atom. The number of aliphatic carboxylic acids is 1. The van der Waals surface area contributed by atoms with Gasteiger partial charge >= 0.3 is 12.0 Å². The van der Waals surface area contributed by atoms with Gasteiger partial charge in [-0.3, -0.25) is 10.2 Å². The van der Waals surface area contributed by atoms with Crippen molar-refractivity contribution in [2.75, 3.05) is 11.9 Å². The Hall–Kier alpha value is -3.79.